The van der Waals surface area contributed by atoms with E-state index in [0.717, 1.165) is 5.69 Å². The maximum Gasteiger partial charge on any atom is 0.341 e. The number of nitrogens with zero attached hydrogens (tertiary/aromatic N) is 2. The van der Waals surface area contributed by atoms with Gasteiger partial charge in [-0.25, -0.2) is 4.79 Å². The van der Waals surface area contributed by atoms with Crippen molar-refractivity contribution in [1.29, 1.82) is 0 Å². The molecular formula is C10H16N2O2. The van der Waals surface area contributed by atoms with Gasteiger partial charge in [0.05, 0.1) is 12.3 Å². The maximum atomic E-state index is 11.5. The Morgan fingerprint density at radius 3 is 2.79 bits per heavy atom. The smallest absolute Gasteiger partial charge is 0.341 e. The molecule has 0 saturated carbocycles. The maximum absolute atomic E-state index is 11.5. The van der Waals surface area contributed by atoms with Gasteiger partial charge in [-0.2, -0.15) is 5.10 Å². The van der Waals surface area contributed by atoms with Crippen LogP contribution in [0.5, 0.6) is 0 Å². The summed E-state index contributed by atoms with van der Waals surface area (Å²) in [5.74, 6) is -0.0556. The number of hydrogen-bond donors (Lipinski definition) is 0. The highest BCUT2D eigenvalue weighted by molar-refractivity contribution is 5.90. The number of aryl methyl sites for hydroxylation is 1. The SMILES string of the molecule is CCOC(=O)c1cn(C)nc1C(C)C. The van der Waals surface area contributed by atoms with Gasteiger partial charge in [0, 0.05) is 13.2 Å². The van der Waals surface area contributed by atoms with Gasteiger partial charge in [0.15, 0.2) is 0 Å². The molecule has 0 amide bonds. The first-order chi connectivity index (χ1) is 6.56. The van der Waals surface area contributed by atoms with E-state index in [2.05, 4.69) is 5.10 Å². The number of rotatable bonds is 3. The Morgan fingerprint density at radius 1 is 1.64 bits per heavy atom. The van der Waals surface area contributed by atoms with Crippen LogP contribution in [-0.4, -0.2) is 22.4 Å². The summed E-state index contributed by atoms with van der Waals surface area (Å²) in [6.45, 7) is 6.20. The molecule has 1 aromatic rings. The van der Waals surface area contributed by atoms with E-state index in [-0.39, 0.29) is 11.9 Å². The molecule has 0 aromatic carbocycles. The molecule has 0 atom stereocenters. The second-order valence-corrected chi connectivity index (χ2v) is 3.48. The summed E-state index contributed by atoms with van der Waals surface area (Å²) in [6, 6.07) is 0. The van der Waals surface area contributed by atoms with Crippen molar-refractivity contribution >= 4 is 5.97 Å². The van der Waals surface area contributed by atoms with Crippen molar-refractivity contribution in [2.24, 2.45) is 7.05 Å². The van der Waals surface area contributed by atoms with E-state index in [1.165, 1.54) is 0 Å². The van der Waals surface area contributed by atoms with Crippen molar-refractivity contribution in [3.05, 3.63) is 17.5 Å². The van der Waals surface area contributed by atoms with Crippen LogP contribution in [0.25, 0.3) is 0 Å². The fraction of sp³-hybridized carbons (Fsp3) is 0.600. The first-order valence-corrected chi connectivity index (χ1v) is 4.77. The van der Waals surface area contributed by atoms with Gasteiger partial charge in [0.2, 0.25) is 0 Å². The van der Waals surface area contributed by atoms with Crippen molar-refractivity contribution in [2.75, 3.05) is 6.61 Å². The second kappa shape index (κ2) is 4.26. The standard InChI is InChI=1S/C10H16N2O2/c1-5-14-10(13)8-6-12(4)11-9(8)7(2)3/h6-7H,5H2,1-4H3. The molecule has 0 unspecified atom stereocenters. The van der Waals surface area contributed by atoms with Crippen LogP contribution in [-0.2, 0) is 11.8 Å². The number of ether oxygens (including phenoxy) is 1. The third-order valence-electron chi connectivity index (χ3n) is 1.90. The van der Waals surface area contributed by atoms with Crippen molar-refractivity contribution in [3.63, 3.8) is 0 Å². The lowest BCUT2D eigenvalue weighted by Crippen LogP contribution is -2.07. The minimum absolute atomic E-state index is 0.232. The van der Waals surface area contributed by atoms with Gasteiger partial charge in [-0.05, 0) is 12.8 Å². The molecule has 1 aromatic heterocycles. The number of carbonyl (C=O) groups excluding carboxylic acids is 1. The van der Waals surface area contributed by atoms with Crippen LogP contribution >= 0.6 is 0 Å². The van der Waals surface area contributed by atoms with Crippen molar-refractivity contribution in [3.8, 4) is 0 Å². The summed E-state index contributed by atoms with van der Waals surface area (Å²) in [4.78, 5) is 11.5. The van der Waals surface area contributed by atoms with E-state index in [4.69, 9.17) is 4.74 Å². The molecule has 0 saturated heterocycles. The summed E-state index contributed by atoms with van der Waals surface area (Å²) < 4.78 is 6.58. The third kappa shape index (κ3) is 2.13. The minimum atomic E-state index is -0.288. The highest BCUT2D eigenvalue weighted by Gasteiger charge is 2.18. The zero-order valence-electron chi connectivity index (χ0n) is 9.07. The topological polar surface area (TPSA) is 44.1 Å². The average Bonchev–Trinajstić information content (AvgIpc) is 2.48. The molecule has 0 fully saturated rings. The van der Waals surface area contributed by atoms with Crippen LogP contribution in [0.2, 0.25) is 0 Å². The Balaban J connectivity index is 3.00. The van der Waals surface area contributed by atoms with Crippen molar-refractivity contribution in [1.82, 2.24) is 9.78 Å². The molecule has 0 aliphatic carbocycles. The van der Waals surface area contributed by atoms with Crippen molar-refractivity contribution < 1.29 is 9.53 Å². The lowest BCUT2D eigenvalue weighted by atomic mass is 10.1. The molecule has 0 spiro atoms. The predicted molar refractivity (Wildman–Crippen MR) is 53.3 cm³/mol. The molecule has 0 aliphatic rings. The van der Waals surface area contributed by atoms with Crippen LogP contribution in [0.3, 0.4) is 0 Å². The Morgan fingerprint density at radius 2 is 2.29 bits per heavy atom. The van der Waals surface area contributed by atoms with E-state index in [1.54, 1.807) is 24.9 Å². The van der Waals surface area contributed by atoms with Crippen LogP contribution in [0.15, 0.2) is 6.20 Å². The zero-order chi connectivity index (χ0) is 10.7. The van der Waals surface area contributed by atoms with Crippen LogP contribution in [0.1, 0.15) is 42.7 Å². The molecule has 0 N–H and O–H groups in total. The molecule has 4 nitrogen and oxygen atoms in total. The number of esters is 1. The van der Waals surface area contributed by atoms with Crippen LogP contribution in [0.4, 0.5) is 0 Å². The highest BCUT2D eigenvalue weighted by atomic mass is 16.5. The number of aromatic nitrogens is 2. The fourth-order valence-electron chi connectivity index (χ4n) is 1.30. The first-order valence-electron chi connectivity index (χ1n) is 4.77. The molecule has 0 radical (unpaired) electrons. The fourth-order valence-corrected chi connectivity index (χ4v) is 1.30. The summed E-state index contributed by atoms with van der Waals surface area (Å²) in [5.41, 5.74) is 1.37. The van der Waals surface area contributed by atoms with E-state index in [9.17, 15) is 4.79 Å². The minimum Gasteiger partial charge on any atom is -0.462 e. The van der Waals surface area contributed by atoms with Gasteiger partial charge in [-0.3, -0.25) is 4.68 Å². The highest BCUT2D eigenvalue weighted by Crippen LogP contribution is 2.17. The summed E-state index contributed by atoms with van der Waals surface area (Å²) in [5, 5.41) is 4.23. The lowest BCUT2D eigenvalue weighted by Gasteiger charge is -2.03. The van der Waals surface area contributed by atoms with E-state index < -0.39 is 0 Å². The molecule has 1 rings (SSSR count). The summed E-state index contributed by atoms with van der Waals surface area (Å²) in [6.07, 6.45) is 1.70. The Hall–Kier alpha value is -1.32. The Bertz CT molecular complexity index is 329. The lowest BCUT2D eigenvalue weighted by molar-refractivity contribution is 0.0524. The average molecular weight is 196 g/mol. The van der Waals surface area contributed by atoms with Gasteiger partial charge in [0.25, 0.3) is 0 Å². The molecular weight excluding hydrogens is 180 g/mol. The van der Waals surface area contributed by atoms with Crippen molar-refractivity contribution in [2.45, 2.75) is 26.7 Å². The monoisotopic (exact) mass is 196 g/mol. The number of carbonyl (C=O) groups is 1. The molecule has 14 heavy (non-hydrogen) atoms. The molecule has 4 heteroatoms. The Kier molecular flexibility index (Phi) is 3.28. The second-order valence-electron chi connectivity index (χ2n) is 3.48. The van der Waals surface area contributed by atoms with Gasteiger partial charge in [-0.1, -0.05) is 13.8 Å². The number of hydrogen-bond acceptors (Lipinski definition) is 3. The summed E-state index contributed by atoms with van der Waals surface area (Å²) >= 11 is 0. The molecule has 78 valence electrons. The van der Waals surface area contributed by atoms with Gasteiger partial charge < -0.3 is 4.74 Å². The van der Waals surface area contributed by atoms with E-state index in [0.29, 0.717) is 12.2 Å². The van der Waals surface area contributed by atoms with Gasteiger partial charge >= 0.3 is 5.97 Å². The zero-order valence-corrected chi connectivity index (χ0v) is 9.07. The van der Waals surface area contributed by atoms with Crippen LogP contribution < -0.4 is 0 Å². The molecule has 0 bridgehead atoms. The quantitative estimate of drug-likeness (QED) is 0.691. The van der Waals surface area contributed by atoms with Gasteiger partial charge in [0.1, 0.15) is 5.56 Å². The largest absolute Gasteiger partial charge is 0.462 e. The van der Waals surface area contributed by atoms with Gasteiger partial charge in [-0.15, -0.1) is 0 Å². The molecule has 0 aliphatic heterocycles. The van der Waals surface area contributed by atoms with E-state index >= 15 is 0 Å². The first kappa shape index (κ1) is 10.8. The summed E-state index contributed by atoms with van der Waals surface area (Å²) in [7, 11) is 1.80. The Labute approximate surface area is 83.9 Å². The molecule has 1 heterocycles. The normalized spacial score (nSPS) is 10.6. The predicted octanol–water partition coefficient (Wildman–Crippen LogP) is 1.72. The van der Waals surface area contributed by atoms with Crippen LogP contribution in [0, 0.1) is 0 Å². The third-order valence-corrected chi connectivity index (χ3v) is 1.90. The van der Waals surface area contributed by atoms with E-state index in [1.807, 2.05) is 13.8 Å².